The molecule has 0 aliphatic carbocycles. The van der Waals surface area contributed by atoms with Gasteiger partial charge in [0.2, 0.25) is 0 Å². The molecule has 0 fully saturated rings. The number of rotatable bonds is 7. The fraction of sp³-hybridized carbons (Fsp3) is 0.562. The van der Waals surface area contributed by atoms with Gasteiger partial charge in [0.25, 0.3) is 0 Å². The summed E-state index contributed by atoms with van der Waals surface area (Å²) in [6.07, 6.45) is 2.96. The minimum atomic E-state index is -0.237. The van der Waals surface area contributed by atoms with Crippen LogP contribution in [0.1, 0.15) is 38.1 Å². The Morgan fingerprint density at radius 2 is 2.10 bits per heavy atom. The Labute approximate surface area is 125 Å². The highest BCUT2D eigenvalue weighted by molar-refractivity contribution is 5.76. The summed E-state index contributed by atoms with van der Waals surface area (Å²) in [4.78, 5) is 6.86. The van der Waals surface area contributed by atoms with Crippen LogP contribution in [0.25, 0.3) is 11.0 Å². The molecule has 0 aliphatic heterocycles. The van der Waals surface area contributed by atoms with Crippen LogP contribution in [0.5, 0.6) is 0 Å². The highest BCUT2D eigenvalue weighted by Crippen LogP contribution is 2.26. The molecular formula is C16H25FN4. The van der Waals surface area contributed by atoms with Gasteiger partial charge in [-0.1, -0.05) is 6.92 Å². The normalized spacial score (nSPS) is 13.2. The third kappa shape index (κ3) is 3.41. The van der Waals surface area contributed by atoms with Gasteiger partial charge in [-0.05, 0) is 52.0 Å². The lowest BCUT2D eigenvalue weighted by molar-refractivity contribution is 0.273. The van der Waals surface area contributed by atoms with Crippen molar-refractivity contribution in [3.05, 3.63) is 29.8 Å². The smallest absolute Gasteiger partial charge is 0.127 e. The molecule has 0 radical (unpaired) electrons. The zero-order valence-electron chi connectivity index (χ0n) is 13.1. The van der Waals surface area contributed by atoms with E-state index in [0.717, 1.165) is 42.7 Å². The van der Waals surface area contributed by atoms with E-state index in [0.29, 0.717) is 6.54 Å². The number of unbranched alkanes of at least 4 members (excludes halogenated alkanes) is 1. The molecule has 4 nitrogen and oxygen atoms in total. The molecule has 0 amide bonds. The molecule has 0 aliphatic rings. The molecule has 2 rings (SSSR count). The van der Waals surface area contributed by atoms with Crippen LogP contribution < -0.4 is 5.73 Å². The summed E-state index contributed by atoms with van der Waals surface area (Å²) in [5.74, 6) is 0.777. The molecule has 21 heavy (non-hydrogen) atoms. The first kappa shape index (κ1) is 15.9. The minimum absolute atomic E-state index is 0.235. The molecule has 1 unspecified atom stereocenters. The van der Waals surface area contributed by atoms with E-state index in [1.807, 2.05) is 6.07 Å². The zero-order chi connectivity index (χ0) is 15.4. The highest BCUT2D eigenvalue weighted by atomic mass is 19.1. The molecule has 0 spiro atoms. The average molecular weight is 292 g/mol. The van der Waals surface area contributed by atoms with E-state index in [4.69, 9.17) is 10.7 Å². The zero-order valence-corrected chi connectivity index (χ0v) is 13.1. The molecule has 0 bridgehead atoms. The predicted molar refractivity (Wildman–Crippen MR) is 84.7 cm³/mol. The van der Waals surface area contributed by atoms with E-state index in [1.54, 1.807) is 0 Å². The average Bonchev–Trinajstić information content (AvgIpc) is 2.77. The largest absolute Gasteiger partial charge is 0.330 e. The molecule has 2 aromatic rings. The van der Waals surface area contributed by atoms with Crippen molar-refractivity contribution in [2.45, 2.75) is 38.8 Å². The van der Waals surface area contributed by atoms with Crippen LogP contribution in [0.2, 0.25) is 0 Å². The van der Waals surface area contributed by atoms with Crippen LogP contribution in [0.15, 0.2) is 18.2 Å². The molecule has 116 valence electrons. The van der Waals surface area contributed by atoms with E-state index in [-0.39, 0.29) is 11.9 Å². The molecule has 0 saturated heterocycles. The predicted octanol–water partition coefficient (Wildman–Crippen LogP) is 2.93. The Morgan fingerprint density at radius 1 is 1.33 bits per heavy atom. The molecule has 1 atom stereocenters. The van der Waals surface area contributed by atoms with Crippen molar-refractivity contribution < 1.29 is 4.39 Å². The van der Waals surface area contributed by atoms with Gasteiger partial charge in [0, 0.05) is 12.6 Å². The van der Waals surface area contributed by atoms with E-state index in [2.05, 4.69) is 30.5 Å². The summed E-state index contributed by atoms with van der Waals surface area (Å²) in [5.41, 5.74) is 7.33. The van der Waals surface area contributed by atoms with Gasteiger partial charge in [0.1, 0.15) is 11.6 Å². The lowest BCUT2D eigenvalue weighted by Gasteiger charge is -2.23. The van der Waals surface area contributed by atoms with Crippen molar-refractivity contribution in [1.29, 1.82) is 0 Å². The van der Waals surface area contributed by atoms with Crippen LogP contribution in [-0.2, 0) is 6.54 Å². The maximum Gasteiger partial charge on any atom is 0.127 e. The number of halogens is 1. The standard InChI is InChI=1S/C16H25FN4/c1-4-14(20(2)3)16-19-13-11-12(17)7-8-15(13)21(16)10-6-5-9-18/h7-8,11,14H,4-6,9-10,18H2,1-3H3. The molecule has 1 heterocycles. The van der Waals surface area contributed by atoms with E-state index in [9.17, 15) is 4.39 Å². The number of hydrogen-bond donors (Lipinski definition) is 1. The third-order valence-electron chi connectivity index (χ3n) is 3.88. The monoisotopic (exact) mass is 292 g/mol. The number of nitrogens with zero attached hydrogens (tertiary/aromatic N) is 3. The van der Waals surface area contributed by atoms with Crippen molar-refractivity contribution in [1.82, 2.24) is 14.5 Å². The van der Waals surface area contributed by atoms with Crippen molar-refractivity contribution in [2.75, 3.05) is 20.6 Å². The molecular weight excluding hydrogens is 267 g/mol. The SMILES string of the molecule is CCC(c1nc2cc(F)ccc2n1CCCCN)N(C)C. The van der Waals surface area contributed by atoms with Gasteiger partial charge in [-0.2, -0.15) is 0 Å². The molecule has 1 aromatic heterocycles. The summed E-state index contributed by atoms with van der Waals surface area (Å²) in [6.45, 7) is 3.72. The Bertz CT molecular complexity index is 591. The second-order valence-corrected chi connectivity index (χ2v) is 5.64. The van der Waals surface area contributed by atoms with Crippen molar-refractivity contribution in [3.63, 3.8) is 0 Å². The number of aromatic nitrogens is 2. The van der Waals surface area contributed by atoms with Crippen molar-refractivity contribution >= 4 is 11.0 Å². The first-order valence-electron chi connectivity index (χ1n) is 7.60. The number of nitrogens with two attached hydrogens (primary N) is 1. The Kier molecular flexibility index (Phi) is 5.31. The maximum atomic E-state index is 13.4. The van der Waals surface area contributed by atoms with Crippen LogP contribution in [0.3, 0.4) is 0 Å². The number of hydrogen-bond acceptors (Lipinski definition) is 3. The van der Waals surface area contributed by atoms with Gasteiger partial charge in [0.05, 0.1) is 17.1 Å². The Morgan fingerprint density at radius 3 is 2.71 bits per heavy atom. The van der Waals surface area contributed by atoms with Gasteiger partial charge in [-0.3, -0.25) is 4.90 Å². The second kappa shape index (κ2) is 7.00. The van der Waals surface area contributed by atoms with Gasteiger partial charge in [-0.15, -0.1) is 0 Å². The highest BCUT2D eigenvalue weighted by Gasteiger charge is 2.20. The number of imidazole rings is 1. The van der Waals surface area contributed by atoms with Gasteiger partial charge in [-0.25, -0.2) is 9.37 Å². The van der Waals surface area contributed by atoms with Crippen LogP contribution >= 0.6 is 0 Å². The number of fused-ring (bicyclic) bond motifs is 1. The fourth-order valence-corrected chi connectivity index (χ4v) is 2.80. The number of aryl methyl sites for hydroxylation is 1. The van der Waals surface area contributed by atoms with E-state index < -0.39 is 0 Å². The Hall–Kier alpha value is -1.46. The fourth-order valence-electron chi connectivity index (χ4n) is 2.80. The number of benzene rings is 1. The van der Waals surface area contributed by atoms with E-state index in [1.165, 1.54) is 12.1 Å². The molecule has 1 aromatic carbocycles. The molecule has 0 saturated carbocycles. The molecule has 5 heteroatoms. The maximum absolute atomic E-state index is 13.4. The summed E-state index contributed by atoms with van der Waals surface area (Å²) in [7, 11) is 4.11. The van der Waals surface area contributed by atoms with Crippen LogP contribution in [-0.4, -0.2) is 35.1 Å². The third-order valence-corrected chi connectivity index (χ3v) is 3.88. The van der Waals surface area contributed by atoms with Crippen molar-refractivity contribution in [2.24, 2.45) is 5.73 Å². The summed E-state index contributed by atoms with van der Waals surface area (Å²) < 4.78 is 15.7. The first-order valence-corrected chi connectivity index (χ1v) is 7.60. The Balaban J connectivity index is 2.47. The lowest BCUT2D eigenvalue weighted by atomic mass is 10.2. The summed E-state index contributed by atoms with van der Waals surface area (Å²) in [6, 6.07) is 5.08. The quantitative estimate of drug-likeness (QED) is 0.798. The van der Waals surface area contributed by atoms with Crippen LogP contribution in [0.4, 0.5) is 4.39 Å². The minimum Gasteiger partial charge on any atom is -0.330 e. The second-order valence-electron chi connectivity index (χ2n) is 5.64. The summed E-state index contributed by atoms with van der Waals surface area (Å²) >= 11 is 0. The van der Waals surface area contributed by atoms with Gasteiger partial charge >= 0.3 is 0 Å². The van der Waals surface area contributed by atoms with Crippen molar-refractivity contribution in [3.8, 4) is 0 Å². The lowest BCUT2D eigenvalue weighted by Crippen LogP contribution is -2.23. The summed E-state index contributed by atoms with van der Waals surface area (Å²) in [5, 5.41) is 0. The topological polar surface area (TPSA) is 47.1 Å². The molecule has 2 N–H and O–H groups in total. The van der Waals surface area contributed by atoms with Crippen LogP contribution in [0, 0.1) is 5.82 Å². The van der Waals surface area contributed by atoms with E-state index >= 15 is 0 Å². The van der Waals surface area contributed by atoms with Gasteiger partial charge in [0.15, 0.2) is 0 Å². The first-order chi connectivity index (χ1) is 10.1. The van der Waals surface area contributed by atoms with Gasteiger partial charge < -0.3 is 10.3 Å².